The lowest BCUT2D eigenvalue weighted by Crippen LogP contribution is -2.69. The molecule has 7 aromatic rings. The minimum atomic E-state index is -2.40. The summed E-state index contributed by atoms with van der Waals surface area (Å²) in [5.74, 6) is -2.19. The largest absolute Gasteiger partial charge is 0.446 e. The first kappa shape index (κ1) is 57.9. The lowest BCUT2D eigenvalue weighted by atomic mass is 9.93. The minimum absolute atomic E-state index is 0.0102. The number of nitrogens with one attached hydrogen (secondary N) is 1. The van der Waals surface area contributed by atoms with Crippen molar-refractivity contribution in [1.29, 1.82) is 5.41 Å². The fraction of sp³-hybridized carbons (Fsp3) is 0.297. The van der Waals surface area contributed by atoms with E-state index >= 15 is 0 Å². The average molecular weight is 1160 g/mol. The maximum atomic E-state index is 14.9. The number of imide groups is 1. The van der Waals surface area contributed by atoms with Gasteiger partial charge < -0.3 is 47.4 Å². The van der Waals surface area contributed by atoms with Gasteiger partial charge in [-0.1, -0.05) is 229 Å². The fourth-order valence-electron chi connectivity index (χ4n) is 10.1. The van der Waals surface area contributed by atoms with Crippen LogP contribution < -0.4 is 0 Å². The van der Waals surface area contributed by atoms with E-state index in [0.717, 1.165) is 38.3 Å². The molecule has 3 heterocycles. The maximum absolute atomic E-state index is 14.9. The first-order chi connectivity index (χ1) is 39.6. The number of hydrogen-bond acceptors (Lipinski definition) is 13. The van der Waals surface area contributed by atoms with E-state index in [9.17, 15) is 9.59 Å². The van der Waals surface area contributed by atoms with Gasteiger partial charge >= 0.3 is 0 Å². The lowest BCUT2D eigenvalue weighted by molar-refractivity contribution is -0.364. The molecule has 2 amide bonds. The van der Waals surface area contributed by atoms with Crippen LogP contribution in [0.4, 0.5) is 0 Å². The molecule has 81 heavy (non-hydrogen) atoms. The van der Waals surface area contributed by atoms with Crippen molar-refractivity contribution in [3.05, 3.63) is 251 Å². The van der Waals surface area contributed by atoms with Crippen LogP contribution in [0.5, 0.6) is 0 Å². The second-order valence-corrected chi connectivity index (χ2v) is 22.0. The zero-order chi connectivity index (χ0) is 56.0. The molecule has 7 aromatic carbocycles. The normalized spacial score (nSPS) is 23.7. The van der Waals surface area contributed by atoms with E-state index in [1.165, 1.54) is 0 Å². The zero-order valence-corrected chi connectivity index (χ0v) is 46.3. The van der Waals surface area contributed by atoms with Gasteiger partial charge in [-0.05, 0) is 45.5 Å². The molecule has 420 valence electrons. The van der Waals surface area contributed by atoms with Crippen molar-refractivity contribution >= 4 is 52.5 Å². The number of alkyl halides is 3. The molecule has 3 aliphatic rings. The average Bonchev–Trinajstić information content (AvgIpc) is 3.90. The number of hydrogen-bond donors (Lipinski definition) is 1. The number of fused-ring (bicyclic) bond motifs is 1. The molecule has 0 bridgehead atoms. The van der Waals surface area contributed by atoms with Gasteiger partial charge in [0.15, 0.2) is 6.29 Å². The Labute approximate surface area is 486 Å². The minimum Gasteiger partial charge on any atom is -0.446 e. The standard InChI is InChI=1S/C64H61Cl3N2O12/c65-64(66,67)63(68)81-61-53(69-59(70)49-33-19-20-34-50(49)60(69)71)56(75-38-46-27-13-4-14-28-46)55(52(78-61)42-73-36-44-23-9-2-10-24-44)80-62-58(77-40-48-31-17-6-18-32-48)57(76-39-47-29-15-5-16-30-47)54(74-37-45-25-11-3-12-26-45)51(79-62)41-72-35-43-21-7-1-8-22-43/h1-34,51-58,61-62,68H,35-42H2/t51-,52-,53-,54+,55-,56-,57+,58-,61+,62+/m1/s1. The molecule has 10 rings (SSSR count). The van der Waals surface area contributed by atoms with E-state index < -0.39 is 82.9 Å². The lowest BCUT2D eigenvalue weighted by Gasteiger charge is -2.51. The molecule has 2 fully saturated rings. The summed E-state index contributed by atoms with van der Waals surface area (Å²) in [7, 11) is 0. The van der Waals surface area contributed by atoms with Crippen LogP contribution in [0, 0.1) is 5.41 Å². The molecule has 2 saturated heterocycles. The number of benzene rings is 7. The summed E-state index contributed by atoms with van der Waals surface area (Å²) >= 11 is 19.0. The van der Waals surface area contributed by atoms with Crippen LogP contribution in [0.3, 0.4) is 0 Å². The molecular weight excluding hydrogens is 1100 g/mol. The number of amides is 2. The highest BCUT2D eigenvalue weighted by Crippen LogP contribution is 2.40. The van der Waals surface area contributed by atoms with E-state index in [0.29, 0.717) is 0 Å². The van der Waals surface area contributed by atoms with E-state index in [1.807, 2.05) is 182 Å². The van der Waals surface area contributed by atoms with Crippen LogP contribution in [0.2, 0.25) is 0 Å². The highest BCUT2D eigenvalue weighted by Gasteiger charge is 2.59. The van der Waals surface area contributed by atoms with Gasteiger partial charge in [0, 0.05) is 0 Å². The molecule has 0 aliphatic carbocycles. The fourth-order valence-corrected chi connectivity index (χ4v) is 10.2. The number of ether oxygens (including phenoxy) is 10. The van der Waals surface area contributed by atoms with Gasteiger partial charge in [0.1, 0.15) is 48.8 Å². The van der Waals surface area contributed by atoms with Crippen LogP contribution in [0.1, 0.15) is 54.1 Å². The van der Waals surface area contributed by atoms with Crippen molar-refractivity contribution in [2.75, 3.05) is 13.2 Å². The van der Waals surface area contributed by atoms with E-state index in [-0.39, 0.29) is 64.0 Å². The smallest absolute Gasteiger partial charge is 0.265 e. The van der Waals surface area contributed by atoms with Crippen LogP contribution in [-0.4, -0.2) is 101 Å². The van der Waals surface area contributed by atoms with Crippen molar-refractivity contribution in [3.8, 4) is 0 Å². The van der Waals surface area contributed by atoms with Crippen molar-refractivity contribution < 1.29 is 57.0 Å². The number of halogens is 3. The quantitative estimate of drug-likeness (QED) is 0.0265. The molecular formula is C64H61Cl3N2O12. The molecule has 0 radical (unpaired) electrons. The van der Waals surface area contributed by atoms with Gasteiger partial charge in [-0.3, -0.25) is 19.9 Å². The van der Waals surface area contributed by atoms with Crippen molar-refractivity contribution in [2.45, 2.75) is 105 Å². The van der Waals surface area contributed by atoms with E-state index in [4.69, 9.17) is 87.6 Å². The summed E-state index contributed by atoms with van der Waals surface area (Å²) in [5, 5.41) is 8.88. The van der Waals surface area contributed by atoms with Crippen molar-refractivity contribution in [2.24, 2.45) is 0 Å². The molecule has 1 N–H and O–H groups in total. The van der Waals surface area contributed by atoms with Crippen LogP contribution >= 0.6 is 34.8 Å². The summed E-state index contributed by atoms with van der Waals surface area (Å²) in [6.07, 6.45) is -10.6. The van der Waals surface area contributed by atoms with E-state index in [1.54, 1.807) is 24.3 Å². The summed E-state index contributed by atoms with van der Waals surface area (Å²) < 4.78 is 66.6. The van der Waals surface area contributed by atoms with Gasteiger partial charge in [-0.25, -0.2) is 0 Å². The number of carbonyl (C=O) groups excluding carboxylic acids is 2. The second-order valence-electron chi connectivity index (χ2n) is 19.7. The third kappa shape index (κ3) is 15.0. The highest BCUT2D eigenvalue weighted by molar-refractivity contribution is 6.76. The molecule has 0 aromatic heterocycles. The van der Waals surface area contributed by atoms with Crippen molar-refractivity contribution in [3.63, 3.8) is 0 Å². The molecule has 14 nitrogen and oxygen atoms in total. The Morgan fingerprint density at radius 1 is 0.420 bits per heavy atom. The van der Waals surface area contributed by atoms with Gasteiger partial charge in [0.2, 0.25) is 12.2 Å². The van der Waals surface area contributed by atoms with Gasteiger partial charge in [-0.2, -0.15) is 0 Å². The topological polar surface area (TPSA) is 154 Å². The third-order valence-electron chi connectivity index (χ3n) is 14.0. The Bertz CT molecular complexity index is 3060. The molecule has 3 aliphatic heterocycles. The summed E-state index contributed by atoms with van der Waals surface area (Å²) in [6, 6.07) is 62.9. The SMILES string of the molecule is N=C(O[C@@H]1O[C@H](COCc2ccccc2)[C@@H](O[C@@H]2O[C@H](COCc3ccccc3)[C@H](OCc3ccccc3)[C@H](OCc3ccccc3)[C@H]2OCc2ccccc2)[C@H](OCc2ccccc2)[C@H]1N1C(=O)c2ccccc2C1=O)C(Cl)(Cl)Cl. The third-order valence-corrected chi connectivity index (χ3v) is 14.6. The predicted octanol–water partition coefficient (Wildman–Crippen LogP) is 11.6. The predicted molar refractivity (Wildman–Crippen MR) is 304 cm³/mol. The first-order valence-corrected chi connectivity index (χ1v) is 27.8. The highest BCUT2D eigenvalue weighted by atomic mass is 35.6. The maximum Gasteiger partial charge on any atom is 0.265 e. The van der Waals surface area contributed by atoms with Crippen LogP contribution in [0.25, 0.3) is 0 Å². The molecule has 17 heteroatoms. The molecule has 10 atom stereocenters. The van der Waals surface area contributed by atoms with Gasteiger partial charge in [-0.15, -0.1) is 0 Å². The molecule has 0 spiro atoms. The zero-order valence-electron chi connectivity index (χ0n) is 44.0. The summed E-state index contributed by atoms with van der Waals surface area (Å²) in [6.45, 7) is 0.565. The monoisotopic (exact) mass is 1150 g/mol. The number of nitrogens with zero attached hydrogens (tertiary/aromatic N) is 1. The van der Waals surface area contributed by atoms with Crippen molar-refractivity contribution in [1.82, 2.24) is 4.90 Å². The van der Waals surface area contributed by atoms with Crippen LogP contribution in [0.15, 0.2) is 206 Å². The summed E-state index contributed by atoms with van der Waals surface area (Å²) in [4.78, 5) is 30.7. The van der Waals surface area contributed by atoms with E-state index in [2.05, 4.69) is 0 Å². The molecule has 0 unspecified atom stereocenters. The first-order valence-electron chi connectivity index (χ1n) is 26.7. The number of rotatable bonds is 24. The molecule has 0 saturated carbocycles. The Hall–Kier alpha value is -6.34. The van der Waals surface area contributed by atoms with Crippen LogP contribution in [-0.2, 0) is 87.0 Å². The number of carbonyl (C=O) groups is 2. The second kappa shape index (κ2) is 28.1. The Morgan fingerprint density at radius 2 is 0.753 bits per heavy atom. The Morgan fingerprint density at radius 3 is 1.16 bits per heavy atom. The Kier molecular flexibility index (Phi) is 20.1. The Balaban J connectivity index is 1.10. The summed E-state index contributed by atoms with van der Waals surface area (Å²) in [5.41, 5.74) is 5.48. The van der Waals surface area contributed by atoms with Gasteiger partial charge in [0.05, 0.1) is 64.0 Å². The van der Waals surface area contributed by atoms with Gasteiger partial charge in [0.25, 0.3) is 15.6 Å².